The number of carbonyl (C=O) groups excluding carboxylic acids is 1. The predicted octanol–water partition coefficient (Wildman–Crippen LogP) is 0.303. The van der Waals surface area contributed by atoms with Gasteiger partial charge in [-0.05, 0) is 6.92 Å². The summed E-state index contributed by atoms with van der Waals surface area (Å²) >= 11 is 0. The molecule has 11 heavy (non-hydrogen) atoms. The lowest BCUT2D eigenvalue weighted by atomic mass is 10.8. The molecule has 6 heteroatoms. The fourth-order valence-corrected chi connectivity index (χ4v) is 0.390. The molecule has 1 N–H and O–H groups in total. The van der Waals surface area contributed by atoms with Gasteiger partial charge in [-0.2, -0.15) is 0 Å². The SMILES string of the molecule is CCOC(=O)NCN(C)N=O. The van der Waals surface area contributed by atoms with E-state index in [9.17, 15) is 9.70 Å². The molecule has 0 saturated heterocycles. The van der Waals surface area contributed by atoms with Crippen LogP contribution in [0.2, 0.25) is 0 Å². The number of nitrogens with one attached hydrogen (secondary N) is 1. The van der Waals surface area contributed by atoms with Crippen LogP contribution in [-0.2, 0) is 4.74 Å². The fourth-order valence-electron chi connectivity index (χ4n) is 0.390. The normalized spacial score (nSPS) is 8.55. The largest absolute Gasteiger partial charge is 0.450 e. The second-order valence-electron chi connectivity index (χ2n) is 1.79. The van der Waals surface area contributed by atoms with Crippen molar-refractivity contribution in [3.63, 3.8) is 0 Å². The Bertz CT molecular complexity index is 139. The van der Waals surface area contributed by atoms with Crippen LogP contribution in [0.1, 0.15) is 6.92 Å². The molecule has 0 aromatic carbocycles. The van der Waals surface area contributed by atoms with Crippen molar-refractivity contribution in [2.45, 2.75) is 6.92 Å². The Kier molecular flexibility index (Phi) is 4.80. The quantitative estimate of drug-likeness (QED) is 0.366. The molecular formula is C5H11N3O3. The Hall–Kier alpha value is -1.33. The van der Waals surface area contributed by atoms with Gasteiger partial charge in [-0.1, -0.05) is 0 Å². The highest BCUT2D eigenvalue weighted by Gasteiger charge is 2.00. The molecular weight excluding hydrogens is 150 g/mol. The second kappa shape index (κ2) is 5.45. The lowest BCUT2D eigenvalue weighted by Gasteiger charge is -2.08. The van der Waals surface area contributed by atoms with Crippen molar-refractivity contribution in [2.24, 2.45) is 5.29 Å². The molecule has 0 aliphatic rings. The van der Waals surface area contributed by atoms with E-state index in [1.807, 2.05) is 0 Å². The molecule has 0 bridgehead atoms. The first-order valence-electron chi connectivity index (χ1n) is 3.15. The number of carbonyl (C=O) groups is 1. The van der Waals surface area contributed by atoms with Crippen LogP contribution in [0.5, 0.6) is 0 Å². The predicted molar refractivity (Wildman–Crippen MR) is 38.6 cm³/mol. The van der Waals surface area contributed by atoms with Crippen molar-refractivity contribution in [2.75, 3.05) is 20.3 Å². The maximum atomic E-state index is 10.6. The minimum atomic E-state index is -0.553. The molecule has 0 rings (SSSR count). The zero-order chi connectivity index (χ0) is 8.69. The van der Waals surface area contributed by atoms with Gasteiger partial charge in [-0.15, -0.1) is 4.91 Å². The number of ether oxygens (including phenoxy) is 1. The van der Waals surface area contributed by atoms with Crippen LogP contribution < -0.4 is 5.32 Å². The molecule has 1 amide bonds. The van der Waals surface area contributed by atoms with Gasteiger partial charge in [0.25, 0.3) is 0 Å². The van der Waals surface area contributed by atoms with E-state index >= 15 is 0 Å². The van der Waals surface area contributed by atoms with Crippen molar-refractivity contribution in [3.8, 4) is 0 Å². The Morgan fingerprint density at radius 2 is 2.36 bits per heavy atom. The van der Waals surface area contributed by atoms with Crippen LogP contribution in [0.25, 0.3) is 0 Å². The van der Waals surface area contributed by atoms with E-state index in [4.69, 9.17) is 0 Å². The fraction of sp³-hybridized carbons (Fsp3) is 0.800. The first-order valence-corrected chi connectivity index (χ1v) is 3.15. The number of nitrogens with zero attached hydrogens (tertiary/aromatic N) is 2. The maximum absolute atomic E-state index is 10.6. The summed E-state index contributed by atoms with van der Waals surface area (Å²) in [7, 11) is 1.44. The van der Waals surface area contributed by atoms with E-state index in [0.29, 0.717) is 6.61 Å². The highest BCUT2D eigenvalue weighted by Crippen LogP contribution is 1.79. The van der Waals surface area contributed by atoms with Gasteiger partial charge in [0.05, 0.1) is 11.9 Å². The summed E-state index contributed by atoms with van der Waals surface area (Å²) in [6.45, 7) is 2.06. The summed E-state index contributed by atoms with van der Waals surface area (Å²) in [5.41, 5.74) is 0. The number of alkyl carbamates (subject to hydrolysis) is 1. The van der Waals surface area contributed by atoms with Crippen LogP contribution in [0.3, 0.4) is 0 Å². The lowest BCUT2D eigenvalue weighted by molar-refractivity contribution is 0.145. The summed E-state index contributed by atoms with van der Waals surface area (Å²) < 4.78 is 4.52. The van der Waals surface area contributed by atoms with E-state index in [-0.39, 0.29) is 6.67 Å². The highest BCUT2D eigenvalue weighted by molar-refractivity contribution is 5.66. The molecule has 0 aromatic heterocycles. The molecule has 0 aromatic rings. The number of rotatable bonds is 4. The Labute approximate surface area is 64.4 Å². The standard InChI is InChI=1S/C5H11N3O3/c1-3-11-5(9)6-4-8(2)7-10/h3-4H2,1-2H3,(H,6,9). The van der Waals surface area contributed by atoms with Gasteiger partial charge in [-0.3, -0.25) is 0 Å². The zero-order valence-electron chi connectivity index (χ0n) is 6.53. The van der Waals surface area contributed by atoms with Crippen molar-refractivity contribution >= 4 is 6.09 Å². The van der Waals surface area contributed by atoms with Gasteiger partial charge in [0.2, 0.25) is 0 Å². The first kappa shape index (κ1) is 9.67. The average Bonchev–Trinajstić information content (AvgIpc) is 2.01. The van der Waals surface area contributed by atoms with Crippen molar-refractivity contribution in [1.29, 1.82) is 0 Å². The van der Waals surface area contributed by atoms with Crippen LogP contribution >= 0.6 is 0 Å². The highest BCUT2D eigenvalue weighted by atomic mass is 16.5. The summed E-state index contributed by atoms with van der Waals surface area (Å²) in [5, 5.41) is 5.88. The molecule has 0 unspecified atom stereocenters. The minimum Gasteiger partial charge on any atom is -0.450 e. The Morgan fingerprint density at radius 1 is 1.73 bits per heavy atom. The lowest BCUT2D eigenvalue weighted by Crippen LogP contribution is -2.32. The molecule has 0 aliphatic carbocycles. The Morgan fingerprint density at radius 3 is 2.82 bits per heavy atom. The summed E-state index contributed by atoms with van der Waals surface area (Å²) in [6, 6.07) is 0. The molecule has 64 valence electrons. The molecule has 0 fully saturated rings. The molecule has 0 atom stereocenters. The summed E-state index contributed by atoms with van der Waals surface area (Å²) in [5.74, 6) is 0. The molecule has 0 spiro atoms. The van der Waals surface area contributed by atoms with Crippen LogP contribution in [0.4, 0.5) is 4.79 Å². The van der Waals surface area contributed by atoms with Crippen LogP contribution in [0.15, 0.2) is 5.29 Å². The third-order valence-corrected chi connectivity index (χ3v) is 0.867. The van der Waals surface area contributed by atoms with Crippen molar-refractivity contribution < 1.29 is 9.53 Å². The van der Waals surface area contributed by atoms with Crippen LogP contribution in [0, 0.1) is 4.91 Å². The smallest absolute Gasteiger partial charge is 0.408 e. The topological polar surface area (TPSA) is 71.0 Å². The average molecular weight is 161 g/mol. The van der Waals surface area contributed by atoms with Gasteiger partial charge >= 0.3 is 6.09 Å². The number of amides is 1. The van der Waals surface area contributed by atoms with Gasteiger partial charge in [0.15, 0.2) is 0 Å². The van der Waals surface area contributed by atoms with Crippen LogP contribution in [-0.4, -0.2) is 31.4 Å². The molecule has 0 heterocycles. The van der Waals surface area contributed by atoms with Gasteiger partial charge in [0, 0.05) is 7.05 Å². The summed E-state index contributed by atoms with van der Waals surface area (Å²) in [6.07, 6.45) is -0.553. The van der Waals surface area contributed by atoms with E-state index < -0.39 is 6.09 Å². The van der Waals surface area contributed by atoms with Crippen molar-refractivity contribution in [1.82, 2.24) is 10.3 Å². The van der Waals surface area contributed by atoms with E-state index in [2.05, 4.69) is 15.3 Å². The van der Waals surface area contributed by atoms with Crippen molar-refractivity contribution in [3.05, 3.63) is 4.91 Å². The van der Waals surface area contributed by atoms with E-state index in [1.54, 1.807) is 6.92 Å². The van der Waals surface area contributed by atoms with E-state index in [0.717, 1.165) is 5.01 Å². The number of nitroso groups, excluding NO2 is 1. The first-order chi connectivity index (χ1) is 5.20. The maximum Gasteiger partial charge on any atom is 0.408 e. The third-order valence-electron chi connectivity index (χ3n) is 0.867. The number of hydrogen-bond donors (Lipinski definition) is 1. The Balaban J connectivity index is 3.37. The summed E-state index contributed by atoms with van der Waals surface area (Å²) in [4.78, 5) is 20.3. The molecule has 0 saturated carbocycles. The van der Waals surface area contributed by atoms with Gasteiger partial charge in [-0.25, -0.2) is 9.80 Å². The zero-order valence-corrected chi connectivity index (χ0v) is 6.53. The monoisotopic (exact) mass is 161 g/mol. The van der Waals surface area contributed by atoms with Gasteiger partial charge < -0.3 is 10.1 Å². The van der Waals surface area contributed by atoms with Gasteiger partial charge in [0.1, 0.15) is 6.67 Å². The third kappa shape index (κ3) is 5.13. The molecule has 0 radical (unpaired) electrons. The molecule has 6 nitrogen and oxygen atoms in total. The van der Waals surface area contributed by atoms with E-state index in [1.165, 1.54) is 7.05 Å². The second-order valence-corrected chi connectivity index (χ2v) is 1.79. The molecule has 0 aliphatic heterocycles. The minimum absolute atomic E-state index is 0.0579. The number of hydrogen-bond acceptors (Lipinski definition) is 4.